The minimum Gasteiger partial charge on any atom is -0.481 e. The van der Waals surface area contributed by atoms with Crippen LogP contribution >= 0.6 is 11.6 Å². The number of likely N-dealkylation sites (tertiary alicyclic amines) is 1. The summed E-state index contributed by atoms with van der Waals surface area (Å²) < 4.78 is 5.78. The number of aryl methyl sites for hydroxylation is 1. The largest absolute Gasteiger partial charge is 0.481 e. The second kappa shape index (κ2) is 7.34. The van der Waals surface area contributed by atoms with Crippen LogP contribution in [-0.4, -0.2) is 36.0 Å². The van der Waals surface area contributed by atoms with E-state index in [2.05, 4.69) is 0 Å². The summed E-state index contributed by atoms with van der Waals surface area (Å²) >= 11 is 6.00. The summed E-state index contributed by atoms with van der Waals surface area (Å²) in [7, 11) is 0. The van der Waals surface area contributed by atoms with Gasteiger partial charge in [0.05, 0.1) is 0 Å². The molecule has 0 bridgehead atoms. The molecule has 2 N–H and O–H groups in total. The summed E-state index contributed by atoms with van der Waals surface area (Å²) in [5.74, 6) is 1.07. The van der Waals surface area contributed by atoms with Gasteiger partial charge in [0.1, 0.15) is 5.75 Å². The molecule has 5 heteroatoms. The quantitative estimate of drug-likeness (QED) is 0.926. The van der Waals surface area contributed by atoms with Gasteiger partial charge in [-0.25, -0.2) is 0 Å². The van der Waals surface area contributed by atoms with Crippen LogP contribution in [0.5, 0.6) is 5.75 Å². The highest BCUT2D eigenvalue weighted by atomic mass is 35.5. The first kappa shape index (κ1) is 17.1. The van der Waals surface area contributed by atoms with Crippen LogP contribution in [0.15, 0.2) is 18.2 Å². The first-order chi connectivity index (χ1) is 10.4. The van der Waals surface area contributed by atoms with Crippen LogP contribution in [0.3, 0.4) is 0 Å². The van der Waals surface area contributed by atoms with Crippen molar-refractivity contribution in [1.82, 2.24) is 4.90 Å². The lowest BCUT2D eigenvalue weighted by atomic mass is 9.92. The van der Waals surface area contributed by atoms with Crippen molar-refractivity contribution >= 4 is 17.5 Å². The third-order valence-corrected chi connectivity index (χ3v) is 4.73. The van der Waals surface area contributed by atoms with E-state index in [-0.39, 0.29) is 11.9 Å². The zero-order valence-electron chi connectivity index (χ0n) is 13.5. The van der Waals surface area contributed by atoms with E-state index in [1.807, 2.05) is 24.8 Å². The number of ether oxygens (including phenoxy) is 1. The normalized spacial score (nSPS) is 21.3. The molecule has 122 valence electrons. The smallest absolute Gasteiger partial charge is 0.263 e. The number of amides is 1. The van der Waals surface area contributed by atoms with Crippen molar-refractivity contribution in [2.24, 2.45) is 11.7 Å². The summed E-state index contributed by atoms with van der Waals surface area (Å²) in [4.78, 5) is 14.4. The van der Waals surface area contributed by atoms with Gasteiger partial charge in [0.15, 0.2) is 6.10 Å². The Bertz CT molecular complexity index is 533. The van der Waals surface area contributed by atoms with Gasteiger partial charge >= 0.3 is 0 Å². The van der Waals surface area contributed by atoms with E-state index >= 15 is 0 Å². The molecule has 3 atom stereocenters. The van der Waals surface area contributed by atoms with Crippen LogP contribution in [0.4, 0.5) is 0 Å². The number of halogens is 1. The summed E-state index contributed by atoms with van der Waals surface area (Å²) in [5, 5.41) is 0.696. The van der Waals surface area contributed by atoms with Crippen LogP contribution in [0.1, 0.15) is 32.3 Å². The van der Waals surface area contributed by atoms with Gasteiger partial charge in [-0.15, -0.1) is 0 Å². The second-order valence-electron chi connectivity index (χ2n) is 6.22. The lowest BCUT2D eigenvalue weighted by Crippen LogP contribution is -2.48. The predicted octanol–water partition coefficient (Wildman–Crippen LogP) is 3.00. The maximum atomic E-state index is 12.6. The molecule has 0 aliphatic carbocycles. The Kier molecular flexibility index (Phi) is 5.70. The number of nitrogens with zero attached hydrogens (tertiary/aromatic N) is 1. The van der Waals surface area contributed by atoms with Crippen LogP contribution in [-0.2, 0) is 4.79 Å². The van der Waals surface area contributed by atoms with Crippen molar-refractivity contribution in [1.29, 1.82) is 0 Å². The minimum absolute atomic E-state index is 0.0259. The minimum atomic E-state index is -0.507. The Morgan fingerprint density at radius 1 is 1.45 bits per heavy atom. The Hall–Kier alpha value is -1.26. The first-order valence-corrected chi connectivity index (χ1v) is 8.23. The molecule has 1 fully saturated rings. The fraction of sp³-hybridized carbons (Fsp3) is 0.588. The molecule has 1 aromatic carbocycles. The van der Waals surface area contributed by atoms with Crippen molar-refractivity contribution in [3.63, 3.8) is 0 Å². The highest BCUT2D eigenvalue weighted by Gasteiger charge is 2.29. The van der Waals surface area contributed by atoms with Gasteiger partial charge < -0.3 is 15.4 Å². The Morgan fingerprint density at radius 3 is 2.82 bits per heavy atom. The van der Waals surface area contributed by atoms with Gasteiger partial charge in [0.25, 0.3) is 5.91 Å². The highest BCUT2D eigenvalue weighted by molar-refractivity contribution is 6.31. The third-order valence-electron chi connectivity index (χ3n) is 4.30. The molecule has 0 spiro atoms. The lowest BCUT2D eigenvalue weighted by Gasteiger charge is -2.35. The van der Waals surface area contributed by atoms with Crippen molar-refractivity contribution < 1.29 is 9.53 Å². The average Bonchev–Trinajstić information content (AvgIpc) is 2.50. The predicted molar refractivity (Wildman–Crippen MR) is 89.2 cm³/mol. The molecule has 1 aliphatic heterocycles. The van der Waals surface area contributed by atoms with E-state index in [9.17, 15) is 4.79 Å². The lowest BCUT2D eigenvalue weighted by molar-refractivity contribution is -0.139. The molecule has 4 nitrogen and oxygen atoms in total. The van der Waals surface area contributed by atoms with Crippen LogP contribution in [0.2, 0.25) is 5.02 Å². The molecular formula is C17H25ClN2O2. The number of hydrogen-bond donors (Lipinski definition) is 1. The van der Waals surface area contributed by atoms with Crippen molar-refractivity contribution in [2.75, 3.05) is 13.1 Å². The summed E-state index contributed by atoms with van der Waals surface area (Å²) in [6.07, 6.45) is 1.59. The molecule has 1 aromatic rings. The fourth-order valence-corrected chi connectivity index (χ4v) is 2.96. The summed E-state index contributed by atoms with van der Waals surface area (Å²) in [5.41, 5.74) is 6.92. The van der Waals surface area contributed by atoms with Crippen LogP contribution < -0.4 is 10.5 Å². The number of rotatable bonds is 4. The second-order valence-corrected chi connectivity index (χ2v) is 6.62. The molecule has 3 unspecified atom stereocenters. The number of carbonyl (C=O) groups excluding carboxylic acids is 1. The molecule has 0 radical (unpaired) electrons. The average molecular weight is 325 g/mol. The number of carbonyl (C=O) groups is 1. The Morgan fingerprint density at radius 2 is 2.18 bits per heavy atom. The molecule has 22 heavy (non-hydrogen) atoms. The maximum Gasteiger partial charge on any atom is 0.263 e. The summed E-state index contributed by atoms with van der Waals surface area (Å²) in [6.45, 7) is 7.23. The topological polar surface area (TPSA) is 55.6 Å². The molecule has 0 saturated carbocycles. The molecule has 1 saturated heterocycles. The zero-order chi connectivity index (χ0) is 16.3. The first-order valence-electron chi connectivity index (χ1n) is 7.85. The van der Waals surface area contributed by atoms with Crippen molar-refractivity contribution in [3.8, 4) is 5.75 Å². The van der Waals surface area contributed by atoms with E-state index in [0.29, 0.717) is 16.7 Å². The monoisotopic (exact) mass is 324 g/mol. The Labute approximate surface area is 137 Å². The van der Waals surface area contributed by atoms with Gasteiger partial charge in [-0.1, -0.05) is 11.6 Å². The SMILES string of the molecule is Cc1cc(OC(C)C(=O)N2CCCC(C(C)N)C2)ccc1Cl. The van der Waals surface area contributed by atoms with E-state index in [1.165, 1.54) is 0 Å². The van der Waals surface area contributed by atoms with E-state index in [0.717, 1.165) is 31.5 Å². The number of nitrogens with two attached hydrogens (primary N) is 1. The van der Waals surface area contributed by atoms with Gasteiger partial charge in [0, 0.05) is 24.2 Å². The Balaban J connectivity index is 1.97. The van der Waals surface area contributed by atoms with Crippen molar-refractivity contribution in [3.05, 3.63) is 28.8 Å². The zero-order valence-corrected chi connectivity index (χ0v) is 14.3. The number of benzene rings is 1. The molecule has 1 aliphatic rings. The van der Waals surface area contributed by atoms with E-state index in [1.54, 1.807) is 19.1 Å². The molecule has 0 aromatic heterocycles. The van der Waals surface area contributed by atoms with Gasteiger partial charge in [-0.2, -0.15) is 0 Å². The highest BCUT2D eigenvalue weighted by Crippen LogP contribution is 2.23. The van der Waals surface area contributed by atoms with Gasteiger partial charge in [0.2, 0.25) is 0 Å². The van der Waals surface area contributed by atoms with E-state index < -0.39 is 6.10 Å². The third kappa shape index (κ3) is 4.14. The molecule has 1 heterocycles. The van der Waals surface area contributed by atoms with Gasteiger partial charge in [-0.3, -0.25) is 4.79 Å². The number of hydrogen-bond acceptors (Lipinski definition) is 3. The molecule has 2 rings (SSSR count). The standard InChI is InChI=1S/C17H25ClN2O2/c1-11-9-15(6-7-16(11)18)22-13(3)17(21)20-8-4-5-14(10-20)12(2)19/h6-7,9,12-14H,4-5,8,10,19H2,1-3H3. The number of piperidine rings is 1. The molecule has 1 amide bonds. The van der Waals surface area contributed by atoms with Gasteiger partial charge in [-0.05, 0) is 63.3 Å². The summed E-state index contributed by atoms with van der Waals surface area (Å²) in [6, 6.07) is 5.55. The molecular weight excluding hydrogens is 300 g/mol. The maximum absolute atomic E-state index is 12.6. The van der Waals surface area contributed by atoms with E-state index in [4.69, 9.17) is 22.1 Å². The van der Waals surface area contributed by atoms with Crippen LogP contribution in [0.25, 0.3) is 0 Å². The van der Waals surface area contributed by atoms with Crippen LogP contribution in [0, 0.1) is 12.8 Å². The fourth-order valence-electron chi connectivity index (χ4n) is 2.84. The van der Waals surface area contributed by atoms with Crippen molar-refractivity contribution in [2.45, 2.75) is 45.8 Å².